The lowest BCUT2D eigenvalue weighted by Crippen LogP contribution is -2.14. The molecule has 0 aliphatic heterocycles. The second-order valence-corrected chi connectivity index (χ2v) is 4.48. The largest absolute Gasteiger partial charge is 0.303 e. The van der Waals surface area contributed by atoms with Gasteiger partial charge in [0.15, 0.2) is 0 Å². The minimum Gasteiger partial charge on any atom is -0.303 e. The molecule has 1 nitrogen and oxygen atoms in total. The standard InChI is InChI=1S/C15H16O/c1-2-13-5-3-4-6-15(13)14-9-7-12(11-16)8-10-14/h1,3-6,11-12,14H,7-10H2. The summed E-state index contributed by atoms with van der Waals surface area (Å²) in [4.78, 5) is 10.7. The van der Waals surface area contributed by atoms with Gasteiger partial charge in [0.2, 0.25) is 0 Å². The number of hydrogen-bond acceptors (Lipinski definition) is 1. The van der Waals surface area contributed by atoms with Gasteiger partial charge in [-0.1, -0.05) is 24.1 Å². The summed E-state index contributed by atoms with van der Waals surface area (Å²) in [6.45, 7) is 0. The lowest BCUT2D eigenvalue weighted by molar-refractivity contribution is -0.111. The molecule has 0 spiro atoms. The van der Waals surface area contributed by atoms with Gasteiger partial charge >= 0.3 is 0 Å². The molecule has 0 atom stereocenters. The van der Waals surface area contributed by atoms with Crippen molar-refractivity contribution in [2.24, 2.45) is 5.92 Å². The van der Waals surface area contributed by atoms with E-state index in [4.69, 9.17) is 6.42 Å². The molecule has 2 rings (SSSR count). The molecule has 0 heterocycles. The van der Waals surface area contributed by atoms with Gasteiger partial charge in [0, 0.05) is 11.5 Å². The number of aldehydes is 1. The highest BCUT2D eigenvalue weighted by Crippen LogP contribution is 2.36. The summed E-state index contributed by atoms with van der Waals surface area (Å²) in [7, 11) is 0. The zero-order valence-electron chi connectivity index (χ0n) is 9.36. The Kier molecular flexibility index (Phi) is 3.41. The molecule has 1 aromatic carbocycles. The Labute approximate surface area is 96.9 Å². The number of benzene rings is 1. The molecule has 0 saturated heterocycles. The van der Waals surface area contributed by atoms with Gasteiger partial charge in [-0.05, 0) is 43.2 Å². The van der Waals surface area contributed by atoms with E-state index in [9.17, 15) is 4.79 Å². The van der Waals surface area contributed by atoms with Crippen molar-refractivity contribution in [1.82, 2.24) is 0 Å². The van der Waals surface area contributed by atoms with Crippen molar-refractivity contribution in [3.63, 3.8) is 0 Å². The lowest BCUT2D eigenvalue weighted by Gasteiger charge is -2.26. The summed E-state index contributed by atoms with van der Waals surface area (Å²) in [5.41, 5.74) is 2.30. The molecule has 0 bridgehead atoms. The molecular formula is C15H16O. The molecule has 1 aliphatic carbocycles. The van der Waals surface area contributed by atoms with Crippen molar-refractivity contribution in [2.75, 3.05) is 0 Å². The molecule has 0 unspecified atom stereocenters. The predicted molar refractivity (Wildman–Crippen MR) is 65.1 cm³/mol. The van der Waals surface area contributed by atoms with Crippen molar-refractivity contribution in [1.29, 1.82) is 0 Å². The molecule has 1 saturated carbocycles. The molecular weight excluding hydrogens is 196 g/mol. The first kappa shape index (κ1) is 11.0. The van der Waals surface area contributed by atoms with Gasteiger partial charge in [0.1, 0.15) is 6.29 Å². The van der Waals surface area contributed by atoms with Crippen LogP contribution < -0.4 is 0 Å². The molecule has 0 radical (unpaired) electrons. The van der Waals surface area contributed by atoms with Crippen LogP contribution in [0.2, 0.25) is 0 Å². The fourth-order valence-electron chi connectivity index (χ4n) is 2.55. The molecule has 0 amide bonds. The fourth-order valence-corrected chi connectivity index (χ4v) is 2.55. The summed E-state index contributed by atoms with van der Waals surface area (Å²) in [5.74, 6) is 3.57. The molecule has 0 aromatic heterocycles. The van der Waals surface area contributed by atoms with Crippen LogP contribution in [0.5, 0.6) is 0 Å². The van der Waals surface area contributed by atoms with E-state index in [2.05, 4.69) is 12.0 Å². The molecule has 1 heteroatoms. The van der Waals surface area contributed by atoms with Gasteiger partial charge in [0.25, 0.3) is 0 Å². The van der Waals surface area contributed by atoms with Crippen molar-refractivity contribution in [2.45, 2.75) is 31.6 Å². The molecule has 16 heavy (non-hydrogen) atoms. The Balaban J connectivity index is 2.14. The first-order chi connectivity index (χ1) is 7.85. The zero-order chi connectivity index (χ0) is 11.4. The predicted octanol–water partition coefficient (Wildman–Crippen LogP) is 3.14. The molecule has 1 aliphatic rings. The van der Waals surface area contributed by atoms with Crippen LogP contribution in [-0.4, -0.2) is 6.29 Å². The van der Waals surface area contributed by atoms with Gasteiger partial charge in [-0.3, -0.25) is 0 Å². The van der Waals surface area contributed by atoms with Crippen LogP contribution in [0.3, 0.4) is 0 Å². The summed E-state index contributed by atoms with van der Waals surface area (Å²) in [5, 5.41) is 0. The van der Waals surface area contributed by atoms with Crippen LogP contribution in [0, 0.1) is 18.3 Å². The highest BCUT2D eigenvalue weighted by Gasteiger charge is 2.22. The Morgan fingerprint density at radius 3 is 2.50 bits per heavy atom. The SMILES string of the molecule is C#Cc1ccccc1C1CCC(C=O)CC1. The Hall–Kier alpha value is -1.55. The third-order valence-corrected chi connectivity index (χ3v) is 3.52. The Bertz CT molecular complexity index is 406. The van der Waals surface area contributed by atoms with Gasteiger partial charge in [-0.25, -0.2) is 0 Å². The van der Waals surface area contributed by atoms with E-state index < -0.39 is 0 Å². The smallest absolute Gasteiger partial charge is 0.123 e. The van der Waals surface area contributed by atoms with Crippen molar-refractivity contribution >= 4 is 6.29 Å². The number of rotatable bonds is 2. The van der Waals surface area contributed by atoms with Crippen molar-refractivity contribution in [3.05, 3.63) is 35.4 Å². The van der Waals surface area contributed by atoms with Gasteiger partial charge < -0.3 is 4.79 Å². The van der Waals surface area contributed by atoms with Gasteiger partial charge in [-0.2, -0.15) is 0 Å². The summed E-state index contributed by atoms with van der Waals surface area (Å²) in [6, 6.07) is 8.15. The van der Waals surface area contributed by atoms with Crippen LogP contribution in [0.25, 0.3) is 0 Å². The lowest BCUT2D eigenvalue weighted by atomic mass is 9.78. The van der Waals surface area contributed by atoms with Crippen LogP contribution in [0.4, 0.5) is 0 Å². The molecule has 1 fully saturated rings. The van der Waals surface area contributed by atoms with E-state index in [1.807, 2.05) is 18.2 Å². The monoisotopic (exact) mass is 212 g/mol. The van der Waals surface area contributed by atoms with E-state index in [0.717, 1.165) is 37.5 Å². The minimum atomic E-state index is 0.272. The van der Waals surface area contributed by atoms with E-state index in [1.54, 1.807) is 0 Å². The van der Waals surface area contributed by atoms with E-state index >= 15 is 0 Å². The van der Waals surface area contributed by atoms with E-state index in [0.29, 0.717) is 5.92 Å². The van der Waals surface area contributed by atoms with E-state index in [-0.39, 0.29) is 5.92 Å². The highest BCUT2D eigenvalue weighted by molar-refractivity contribution is 5.53. The first-order valence-corrected chi connectivity index (χ1v) is 5.86. The highest BCUT2D eigenvalue weighted by atomic mass is 16.1. The summed E-state index contributed by atoms with van der Waals surface area (Å²) >= 11 is 0. The van der Waals surface area contributed by atoms with Crippen LogP contribution in [0.15, 0.2) is 24.3 Å². The minimum absolute atomic E-state index is 0.272. The number of terminal acetylenes is 1. The third kappa shape index (κ3) is 2.17. The normalized spacial score (nSPS) is 24.7. The number of carbonyl (C=O) groups excluding carboxylic acids is 1. The summed E-state index contributed by atoms with van der Waals surface area (Å²) < 4.78 is 0. The average Bonchev–Trinajstić information content (AvgIpc) is 2.39. The maximum Gasteiger partial charge on any atom is 0.123 e. The second-order valence-electron chi connectivity index (χ2n) is 4.48. The Morgan fingerprint density at radius 2 is 1.88 bits per heavy atom. The fraction of sp³-hybridized carbons (Fsp3) is 0.400. The van der Waals surface area contributed by atoms with Crippen molar-refractivity contribution in [3.8, 4) is 12.3 Å². The Morgan fingerprint density at radius 1 is 1.19 bits per heavy atom. The first-order valence-electron chi connectivity index (χ1n) is 5.86. The van der Waals surface area contributed by atoms with Gasteiger partial charge in [-0.15, -0.1) is 6.42 Å². The van der Waals surface area contributed by atoms with Crippen LogP contribution in [0.1, 0.15) is 42.7 Å². The van der Waals surface area contributed by atoms with Crippen LogP contribution >= 0.6 is 0 Å². The van der Waals surface area contributed by atoms with Crippen LogP contribution in [-0.2, 0) is 4.79 Å². The number of carbonyl (C=O) groups is 1. The molecule has 82 valence electrons. The quantitative estimate of drug-likeness (QED) is 0.543. The second kappa shape index (κ2) is 4.99. The van der Waals surface area contributed by atoms with Crippen molar-refractivity contribution < 1.29 is 4.79 Å². The zero-order valence-corrected chi connectivity index (χ0v) is 9.36. The molecule has 1 aromatic rings. The summed E-state index contributed by atoms with van der Waals surface area (Å²) in [6.07, 6.45) is 10.8. The topological polar surface area (TPSA) is 17.1 Å². The maximum atomic E-state index is 10.7. The van der Waals surface area contributed by atoms with Gasteiger partial charge in [0.05, 0.1) is 0 Å². The molecule has 0 N–H and O–H groups in total. The third-order valence-electron chi connectivity index (χ3n) is 3.52. The number of hydrogen-bond donors (Lipinski definition) is 0. The maximum absolute atomic E-state index is 10.7. The van der Waals surface area contributed by atoms with E-state index in [1.165, 1.54) is 5.56 Å². The average molecular weight is 212 g/mol.